The van der Waals surface area contributed by atoms with E-state index in [2.05, 4.69) is 27.4 Å². The van der Waals surface area contributed by atoms with Crippen molar-refractivity contribution in [2.45, 2.75) is 71.7 Å². The molecule has 0 aliphatic heterocycles. The molecule has 7 nitrogen and oxygen atoms in total. The van der Waals surface area contributed by atoms with Gasteiger partial charge in [-0.1, -0.05) is 27.4 Å². The minimum absolute atomic E-state index is 0.0275. The fraction of sp³-hybridized carbons (Fsp3) is 0.808. The molecule has 0 radical (unpaired) electrons. The van der Waals surface area contributed by atoms with Crippen molar-refractivity contribution in [2.75, 3.05) is 41.7 Å². The Morgan fingerprint density at radius 2 is 1.52 bits per heavy atom. The lowest BCUT2D eigenvalue weighted by Gasteiger charge is -2.57. The van der Waals surface area contributed by atoms with E-state index in [9.17, 15) is 4.79 Å². The van der Waals surface area contributed by atoms with Crippen LogP contribution >= 0.6 is 0 Å². The molecule has 0 aromatic rings. The van der Waals surface area contributed by atoms with Gasteiger partial charge in [-0.3, -0.25) is 4.79 Å². The van der Waals surface area contributed by atoms with Gasteiger partial charge in [0, 0.05) is 39.2 Å². The van der Waals surface area contributed by atoms with Gasteiger partial charge in [-0.25, -0.2) is 0 Å². The van der Waals surface area contributed by atoms with Crippen molar-refractivity contribution in [3.63, 3.8) is 0 Å². The molecular formula is C26H42O7. The van der Waals surface area contributed by atoms with E-state index in [-0.39, 0.29) is 67.1 Å². The topological polar surface area (TPSA) is 72.5 Å². The molecular weight excluding hydrogens is 424 g/mol. The largest absolute Gasteiger partial charge is 0.359 e. The average molecular weight is 467 g/mol. The van der Waals surface area contributed by atoms with Crippen LogP contribution in [0.1, 0.15) is 53.4 Å². The number of ketones is 1. The van der Waals surface area contributed by atoms with Crippen molar-refractivity contribution < 1.29 is 33.2 Å². The van der Waals surface area contributed by atoms with Gasteiger partial charge >= 0.3 is 0 Å². The smallest absolute Gasteiger partial charge is 0.160 e. The third-order valence-corrected chi connectivity index (χ3v) is 8.18. The number of carbonyl (C=O) groups excluding carboxylic acids is 1. The maximum Gasteiger partial charge on any atom is 0.160 e. The van der Waals surface area contributed by atoms with Crippen LogP contribution in [-0.2, 0) is 33.2 Å². The summed E-state index contributed by atoms with van der Waals surface area (Å²) in [4.78, 5) is 13.9. The number of hydrogen-bond acceptors (Lipinski definition) is 7. The van der Waals surface area contributed by atoms with Gasteiger partial charge in [0.05, 0.1) is 18.3 Å². The predicted molar refractivity (Wildman–Crippen MR) is 124 cm³/mol. The van der Waals surface area contributed by atoms with E-state index in [1.807, 2.05) is 6.92 Å². The molecule has 0 saturated heterocycles. The first-order valence-corrected chi connectivity index (χ1v) is 11.9. The number of rotatable bonds is 9. The number of ether oxygens (including phenoxy) is 6. The Labute approximate surface area is 198 Å². The van der Waals surface area contributed by atoms with E-state index in [1.54, 1.807) is 21.3 Å². The van der Waals surface area contributed by atoms with E-state index in [0.717, 1.165) is 36.0 Å². The summed E-state index contributed by atoms with van der Waals surface area (Å²) >= 11 is 0. The lowest BCUT2D eigenvalue weighted by molar-refractivity contribution is -0.173. The Morgan fingerprint density at radius 1 is 0.939 bits per heavy atom. The van der Waals surface area contributed by atoms with Gasteiger partial charge in [-0.05, 0) is 54.1 Å². The SMILES string of the molecule is C=C1[C@@H](OCOC)CC[C@@]2(C)CC(=O)C3=C(C)[C@@H](OCOC)C[C@@H]([C@@H](OCOC)[C@H]12)C3(C)C. The highest BCUT2D eigenvalue weighted by Gasteiger charge is 2.58. The molecule has 0 spiro atoms. The number of carbonyl (C=O) groups is 1. The first kappa shape index (κ1) is 26.5. The second-order valence-electron chi connectivity index (χ2n) is 10.6. The van der Waals surface area contributed by atoms with Crippen LogP contribution in [0.3, 0.4) is 0 Å². The van der Waals surface area contributed by atoms with Crippen molar-refractivity contribution in [3.05, 3.63) is 23.3 Å². The second-order valence-corrected chi connectivity index (χ2v) is 10.6. The second kappa shape index (κ2) is 10.7. The zero-order chi connectivity index (χ0) is 24.4. The summed E-state index contributed by atoms with van der Waals surface area (Å²) in [5.74, 6) is 0.175. The summed E-state index contributed by atoms with van der Waals surface area (Å²) in [5.41, 5.74) is 2.22. The Morgan fingerprint density at radius 3 is 2.12 bits per heavy atom. The van der Waals surface area contributed by atoms with E-state index >= 15 is 0 Å². The fourth-order valence-corrected chi connectivity index (χ4v) is 6.67. The summed E-state index contributed by atoms with van der Waals surface area (Å²) < 4.78 is 34.2. The third-order valence-electron chi connectivity index (χ3n) is 8.18. The molecule has 7 heteroatoms. The molecule has 2 bridgehead atoms. The molecule has 0 amide bonds. The maximum atomic E-state index is 13.9. The Kier molecular flexibility index (Phi) is 8.57. The Hall–Kier alpha value is -1.09. The first-order valence-electron chi connectivity index (χ1n) is 11.9. The minimum atomic E-state index is -0.381. The summed E-state index contributed by atoms with van der Waals surface area (Å²) in [7, 11) is 4.87. The Bertz CT molecular complexity index is 758. The fourth-order valence-electron chi connectivity index (χ4n) is 6.67. The molecule has 3 rings (SSSR count). The van der Waals surface area contributed by atoms with Crippen LogP contribution in [0.4, 0.5) is 0 Å². The zero-order valence-corrected chi connectivity index (χ0v) is 21.4. The van der Waals surface area contributed by atoms with Gasteiger partial charge in [-0.15, -0.1) is 0 Å². The molecule has 188 valence electrons. The van der Waals surface area contributed by atoms with E-state index < -0.39 is 0 Å². The van der Waals surface area contributed by atoms with Crippen LogP contribution in [0, 0.1) is 22.7 Å². The predicted octanol–water partition coefficient (Wildman–Crippen LogP) is 4.26. The molecule has 6 atom stereocenters. The average Bonchev–Trinajstić information content (AvgIpc) is 2.74. The number of methoxy groups -OCH3 is 3. The maximum absolute atomic E-state index is 13.9. The van der Waals surface area contributed by atoms with Gasteiger partial charge in [0.2, 0.25) is 0 Å². The molecule has 0 aromatic carbocycles. The molecule has 3 aliphatic carbocycles. The van der Waals surface area contributed by atoms with E-state index in [4.69, 9.17) is 28.4 Å². The third kappa shape index (κ3) is 5.00. The summed E-state index contributed by atoms with van der Waals surface area (Å²) in [6, 6.07) is 0. The highest BCUT2D eigenvalue weighted by molar-refractivity contribution is 5.98. The molecule has 0 N–H and O–H groups in total. The van der Waals surface area contributed by atoms with Crippen LogP contribution in [0.5, 0.6) is 0 Å². The lowest BCUT2D eigenvalue weighted by Crippen LogP contribution is -2.57. The highest BCUT2D eigenvalue weighted by atomic mass is 16.7. The van der Waals surface area contributed by atoms with Gasteiger partial charge in [0.15, 0.2) is 5.78 Å². The number of allylic oxidation sites excluding steroid dienone is 1. The monoisotopic (exact) mass is 466 g/mol. The minimum Gasteiger partial charge on any atom is -0.359 e. The van der Waals surface area contributed by atoms with Crippen molar-refractivity contribution >= 4 is 5.78 Å². The molecule has 2 fully saturated rings. The first-order chi connectivity index (χ1) is 15.6. The molecule has 0 aromatic heterocycles. The standard InChI is InChI=1S/C26H42O7/c1-16-20(31-13-28-6)9-10-26(5)12-19(27)22-17(2)21(32-14-29-7)11-18(25(22,3)4)24(23(16)26)33-15-30-8/h18,20-21,23-24H,1,9-15H2,2-8H3/t18-,20-,21-,23-,24+,26-/m0/s1. The van der Waals surface area contributed by atoms with Gasteiger partial charge in [0.25, 0.3) is 0 Å². The van der Waals surface area contributed by atoms with Crippen molar-refractivity contribution in [2.24, 2.45) is 22.7 Å². The molecule has 0 heterocycles. The van der Waals surface area contributed by atoms with E-state index in [0.29, 0.717) is 6.42 Å². The van der Waals surface area contributed by atoms with Crippen LogP contribution < -0.4 is 0 Å². The highest BCUT2D eigenvalue weighted by Crippen LogP contribution is 2.59. The summed E-state index contributed by atoms with van der Waals surface area (Å²) in [6.07, 6.45) is 2.32. The van der Waals surface area contributed by atoms with Gasteiger partial charge in [0.1, 0.15) is 20.4 Å². The van der Waals surface area contributed by atoms with Crippen LogP contribution in [0.15, 0.2) is 23.3 Å². The number of Topliss-reactive ketones (excluding diaryl/α,β-unsaturated/α-hetero) is 1. The number of fused-ring (bicyclic) bond motifs is 3. The van der Waals surface area contributed by atoms with E-state index in [1.165, 1.54) is 0 Å². The Balaban J connectivity index is 2.11. The van der Waals surface area contributed by atoms with Crippen molar-refractivity contribution in [1.29, 1.82) is 0 Å². The zero-order valence-electron chi connectivity index (χ0n) is 21.4. The normalized spacial score (nSPS) is 36.4. The van der Waals surface area contributed by atoms with Crippen molar-refractivity contribution in [1.82, 2.24) is 0 Å². The quantitative estimate of drug-likeness (QED) is 0.371. The van der Waals surface area contributed by atoms with Gasteiger partial charge in [-0.2, -0.15) is 0 Å². The summed E-state index contributed by atoms with van der Waals surface area (Å²) in [6.45, 7) is 13.6. The molecule has 3 aliphatic rings. The molecule has 2 saturated carbocycles. The van der Waals surface area contributed by atoms with Crippen LogP contribution in [0.2, 0.25) is 0 Å². The summed E-state index contributed by atoms with van der Waals surface area (Å²) in [5, 5.41) is 0. The molecule has 0 unspecified atom stereocenters. The lowest BCUT2D eigenvalue weighted by atomic mass is 9.50. The number of hydrogen-bond donors (Lipinski definition) is 0. The van der Waals surface area contributed by atoms with Gasteiger partial charge < -0.3 is 28.4 Å². The van der Waals surface area contributed by atoms with Crippen molar-refractivity contribution in [3.8, 4) is 0 Å². The van der Waals surface area contributed by atoms with Crippen LogP contribution in [0.25, 0.3) is 0 Å². The van der Waals surface area contributed by atoms with Crippen LogP contribution in [-0.4, -0.2) is 65.8 Å². The molecule has 33 heavy (non-hydrogen) atoms.